The van der Waals surface area contributed by atoms with Crippen LogP contribution in [0.1, 0.15) is 45.2 Å². The number of hydrogen-bond acceptors (Lipinski definition) is 3. The minimum absolute atomic E-state index is 0.0312. The van der Waals surface area contributed by atoms with E-state index >= 15 is 0 Å². The fourth-order valence-corrected chi connectivity index (χ4v) is 1.93. The minimum Gasteiger partial charge on any atom is -0.480 e. The first-order valence-corrected chi connectivity index (χ1v) is 5.90. The van der Waals surface area contributed by atoms with E-state index in [-0.39, 0.29) is 6.04 Å². The van der Waals surface area contributed by atoms with Gasteiger partial charge < -0.3 is 5.11 Å². The van der Waals surface area contributed by atoms with Crippen LogP contribution in [-0.4, -0.2) is 21.6 Å². The normalized spacial score (nSPS) is 16.2. The number of carboxylic acids is 1. The first-order chi connectivity index (χ1) is 7.99. The van der Waals surface area contributed by atoms with Gasteiger partial charge in [0.05, 0.1) is 0 Å². The quantitative estimate of drug-likeness (QED) is 0.796. The number of nitrogens with zero attached hydrogens (tertiary/aromatic N) is 1. The summed E-state index contributed by atoms with van der Waals surface area (Å²) >= 11 is 0. The Bertz CT molecular complexity index is 367. The smallest absolute Gasteiger partial charge is 0.323 e. The predicted molar refractivity (Wildman–Crippen MR) is 66.7 cm³/mol. The number of nitrogens with one attached hydrogen (secondary N) is 1. The van der Waals surface area contributed by atoms with Gasteiger partial charge in [0.25, 0.3) is 0 Å². The zero-order valence-electron chi connectivity index (χ0n) is 10.6. The lowest BCUT2D eigenvalue weighted by Gasteiger charge is -2.29. The van der Waals surface area contributed by atoms with Gasteiger partial charge in [0.1, 0.15) is 5.54 Å². The maximum atomic E-state index is 11.3. The number of aliphatic carboxylic acids is 1. The Kier molecular flexibility index (Phi) is 4.63. The molecule has 1 aromatic heterocycles. The average molecular weight is 236 g/mol. The Balaban J connectivity index is 2.78. The number of rotatable bonds is 6. The Labute approximate surface area is 102 Å². The summed E-state index contributed by atoms with van der Waals surface area (Å²) in [5, 5.41) is 12.5. The van der Waals surface area contributed by atoms with Gasteiger partial charge in [-0.2, -0.15) is 0 Å². The summed E-state index contributed by atoms with van der Waals surface area (Å²) in [7, 11) is 0. The molecule has 2 N–H and O–H groups in total. The van der Waals surface area contributed by atoms with Crippen LogP contribution in [0.25, 0.3) is 0 Å². The van der Waals surface area contributed by atoms with Gasteiger partial charge in [0.2, 0.25) is 0 Å². The lowest BCUT2D eigenvalue weighted by molar-refractivity contribution is -0.144. The van der Waals surface area contributed by atoms with Gasteiger partial charge in [0.15, 0.2) is 0 Å². The molecule has 2 atom stereocenters. The summed E-state index contributed by atoms with van der Waals surface area (Å²) in [5.41, 5.74) is 0.111. The predicted octanol–water partition coefficient (Wildman–Crippen LogP) is 2.38. The molecule has 0 spiro atoms. The molecule has 94 valence electrons. The molecule has 4 nitrogen and oxygen atoms in total. The summed E-state index contributed by atoms with van der Waals surface area (Å²) in [6.45, 7) is 5.66. The lowest BCUT2D eigenvalue weighted by atomic mass is 9.94. The highest BCUT2D eigenvalue weighted by atomic mass is 16.4. The molecule has 0 bridgehead atoms. The third-order valence-electron chi connectivity index (χ3n) is 2.94. The highest BCUT2D eigenvalue weighted by molar-refractivity contribution is 5.78. The van der Waals surface area contributed by atoms with E-state index in [4.69, 9.17) is 0 Å². The zero-order valence-corrected chi connectivity index (χ0v) is 10.6. The van der Waals surface area contributed by atoms with Crippen LogP contribution in [0.3, 0.4) is 0 Å². The van der Waals surface area contributed by atoms with Gasteiger partial charge in [-0.05, 0) is 31.9 Å². The second-order valence-electron chi connectivity index (χ2n) is 4.54. The topological polar surface area (TPSA) is 62.2 Å². The Hall–Kier alpha value is -1.42. The molecule has 0 radical (unpaired) electrons. The monoisotopic (exact) mass is 236 g/mol. The van der Waals surface area contributed by atoms with Gasteiger partial charge in [-0.25, -0.2) is 0 Å². The molecule has 1 aromatic rings. The number of carboxylic acid groups (broad SMARTS) is 1. The van der Waals surface area contributed by atoms with Crippen molar-refractivity contribution in [2.45, 2.75) is 45.2 Å². The van der Waals surface area contributed by atoms with Crippen molar-refractivity contribution < 1.29 is 9.90 Å². The van der Waals surface area contributed by atoms with Crippen LogP contribution in [-0.2, 0) is 4.79 Å². The van der Waals surface area contributed by atoms with Gasteiger partial charge in [-0.3, -0.25) is 15.1 Å². The third-order valence-corrected chi connectivity index (χ3v) is 2.94. The Morgan fingerprint density at radius 3 is 2.82 bits per heavy atom. The van der Waals surface area contributed by atoms with Crippen LogP contribution >= 0.6 is 0 Å². The van der Waals surface area contributed by atoms with Crippen molar-refractivity contribution in [3.63, 3.8) is 0 Å². The highest BCUT2D eigenvalue weighted by Crippen LogP contribution is 2.19. The van der Waals surface area contributed by atoms with E-state index in [0.29, 0.717) is 6.42 Å². The largest absolute Gasteiger partial charge is 0.480 e. The second-order valence-corrected chi connectivity index (χ2v) is 4.54. The SMILES string of the molecule is CCCC(C)(NC(C)c1cccnc1)C(=O)O. The van der Waals surface area contributed by atoms with Crippen molar-refractivity contribution in [1.82, 2.24) is 10.3 Å². The van der Waals surface area contributed by atoms with E-state index in [1.54, 1.807) is 19.3 Å². The Morgan fingerprint density at radius 2 is 2.35 bits per heavy atom. The van der Waals surface area contributed by atoms with Crippen molar-refractivity contribution in [3.05, 3.63) is 30.1 Å². The minimum atomic E-state index is -0.885. The van der Waals surface area contributed by atoms with E-state index in [1.165, 1.54) is 0 Å². The van der Waals surface area contributed by atoms with Crippen molar-refractivity contribution in [1.29, 1.82) is 0 Å². The fraction of sp³-hybridized carbons (Fsp3) is 0.538. The van der Waals surface area contributed by atoms with Crippen molar-refractivity contribution >= 4 is 5.97 Å². The maximum absolute atomic E-state index is 11.3. The number of hydrogen-bond donors (Lipinski definition) is 2. The third kappa shape index (κ3) is 3.53. The molecular formula is C13H20N2O2. The second kappa shape index (κ2) is 5.77. The van der Waals surface area contributed by atoms with E-state index in [1.807, 2.05) is 26.0 Å². The van der Waals surface area contributed by atoms with Crippen LogP contribution in [0.2, 0.25) is 0 Å². The molecule has 0 aliphatic rings. The molecule has 1 rings (SSSR count). The standard InChI is InChI=1S/C13H20N2O2/c1-4-7-13(3,12(16)17)15-10(2)11-6-5-8-14-9-11/h5-6,8-10,15H,4,7H2,1-3H3,(H,16,17). The lowest BCUT2D eigenvalue weighted by Crippen LogP contribution is -2.50. The van der Waals surface area contributed by atoms with Crippen molar-refractivity contribution in [2.24, 2.45) is 0 Å². The van der Waals surface area contributed by atoms with Crippen LogP contribution in [0.15, 0.2) is 24.5 Å². The van der Waals surface area contributed by atoms with E-state index < -0.39 is 11.5 Å². The molecule has 0 aromatic carbocycles. The number of carbonyl (C=O) groups is 1. The van der Waals surface area contributed by atoms with E-state index in [9.17, 15) is 9.90 Å². The van der Waals surface area contributed by atoms with Crippen molar-refractivity contribution in [2.75, 3.05) is 0 Å². The molecule has 0 fully saturated rings. The van der Waals surface area contributed by atoms with Gasteiger partial charge in [-0.15, -0.1) is 0 Å². The van der Waals surface area contributed by atoms with Crippen LogP contribution < -0.4 is 5.32 Å². The van der Waals surface area contributed by atoms with Gasteiger partial charge in [-0.1, -0.05) is 19.4 Å². The fourth-order valence-electron chi connectivity index (χ4n) is 1.93. The molecule has 2 unspecified atom stereocenters. The summed E-state index contributed by atoms with van der Waals surface area (Å²) in [5.74, 6) is -0.810. The van der Waals surface area contributed by atoms with Crippen LogP contribution in [0.5, 0.6) is 0 Å². The first kappa shape index (κ1) is 13.6. The van der Waals surface area contributed by atoms with Crippen molar-refractivity contribution in [3.8, 4) is 0 Å². The molecule has 0 aliphatic carbocycles. The number of aromatic nitrogens is 1. The molecule has 17 heavy (non-hydrogen) atoms. The molecule has 4 heteroatoms. The molecule has 0 saturated heterocycles. The highest BCUT2D eigenvalue weighted by Gasteiger charge is 2.33. The molecule has 0 aliphatic heterocycles. The first-order valence-electron chi connectivity index (χ1n) is 5.90. The summed E-state index contributed by atoms with van der Waals surface area (Å²) in [4.78, 5) is 15.3. The van der Waals surface area contributed by atoms with Gasteiger partial charge in [0, 0.05) is 18.4 Å². The molecular weight excluding hydrogens is 216 g/mol. The maximum Gasteiger partial charge on any atom is 0.323 e. The summed E-state index contributed by atoms with van der Waals surface area (Å²) < 4.78 is 0. The summed E-state index contributed by atoms with van der Waals surface area (Å²) in [6, 6.07) is 3.76. The van der Waals surface area contributed by atoms with E-state index in [2.05, 4.69) is 10.3 Å². The van der Waals surface area contributed by atoms with Crippen LogP contribution in [0, 0.1) is 0 Å². The molecule has 0 saturated carbocycles. The molecule has 1 heterocycles. The van der Waals surface area contributed by atoms with Gasteiger partial charge >= 0.3 is 5.97 Å². The number of pyridine rings is 1. The Morgan fingerprint density at radius 1 is 1.65 bits per heavy atom. The average Bonchev–Trinajstić information content (AvgIpc) is 2.30. The van der Waals surface area contributed by atoms with E-state index in [0.717, 1.165) is 12.0 Å². The summed E-state index contributed by atoms with van der Waals surface area (Å²) in [6.07, 6.45) is 4.90. The zero-order chi connectivity index (χ0) is 12.9. The molecule has 0 amide bonds. The van der Waals surface area contributed by atoms with Crippen LogP contribution in [0.4, 0.5) is 0 Å².